The number of rotatable bonds is 5. The quantitative estimate of drug-likeness (QED) is 0.903. The Balaban J connectivity index is 2.00. The van der Waals surface area contributed by atoms with Crippen LogP contribution in [0.1, 0.15) is 42.4 Å². The van der Waals surface area contributed by atoms with Gasteiger partial charge in [-0.1, -0.05) is 19.9 Å². The number of aromatic nitrogens is 2. The van der Waals surface area contributed by atoms with Gasteiger partial charge in [0.1, 0.15) is 17.5 Å². The Morgan fingerprint density at radius 2 is 1.90 bits per heavy atom. The molecule has 0 aliphatic heterocycles. The molecule has 0 fully saturated rings. The van der Waals surface area contributed by atoms with E-state index in [-0.39, 0.29) is 5.82 Å². The molecule has 1 aromatic heterocycles. The highest BCUT2D eigenvalue weighted by Gasteiger charge is 2.06. The number of benzene rings is 1. The fourth-order valence-corrected chi connectivity index (χ4v) is 2.21. The molecule has 0 amide bonds. The maximum atomic E-state index is 13.1. The molecule has 0 atom stereocenters. The molecule has 0 bridgehead atoms. The Kier molecular flexibility index (Phi) is 4.89. The van der Waals surface area contributed by atoms with E-state index in [2.05, 4.69) is 29.1 Å². The van der Waals surface area contributed by atoms with E-state index in [9.17, 15) is 4.39 Å². The highest BCUT2D eigenvalue weighted by molar-refractivity contribution is 5.37. The summed E-state index contributed by atoms with van der Waals surface area (Å²) >= 11 is 0. The van der Waals surface area contributed by atoms with Gasteiger partial charge < -0.3 is 5.32 Å². The molecule has 0 spiro atoms. The summed E-state index contributed by atoms with van der Waals surface area (Å²) in [5.41, 5.74) is 3.10. The molecule has 21 heavy (non-hydrogen) atoms. The maximum Gasteiger partial charge on any atom is 0.133 e. The first-order chi connectivity index (χ1) is 9.95. The van der Waals surface area contributed by atoms with Gasteiger partial charge in [0.05, 0.1) is 0 Å². The van der Waals surface area contributed by atoms with Crippen molar-refractivity contribution in [3.63, 3.8) is 0 Å². The summed E-state index contributed by atoms with van der Waals surface area (Å²) in [7, 11) is 0. The molecule has 0 saturated heterocycles. The number of anilines is 1. The third-order valence-corrected chi connectivity index (χ3v) is 3.39. The first-order valence-corrected chi connectivity index (χ1v) is 7.30. The topological polar surface area (TPSA) is 37.8 Å². The molecule has 112 valence electrons. The lowest BCUT2D eigenvalue weighted by atomic mass is 10.1. The molecule has 0 unspecified atom stereocenters. The van der Waals surface area contributed by atoms with Crippen LogP contribution in [0.3, 0.4) is 0 Å². The summed E-state index contributed by atoms with van der Waals surface area (Å²) in [6, 6.07) is 6.87. The van der Waals surface area contributed by atoms with E-state index in [4.69, 9.17) is 0 Å². The molecule has 3 nitrogen and oxygen atoms in total. The van der Waals surface area contributed by atoms with Gasteiger partial charge in [-0.2, -0.15) is 0 Å². The highest BCUT2D eigenvalue weighted by atomic mass is 19.1. The van der Waals surface area contributed by atoms with Crippen LogP contribution >= 0.6 is 0 Å². The van der Waals surface area contributed by atoms with E-state index in [1.165, 1.54) is 6.07 Å². The van der Waals surface area contributed by atoms with Crippen molar-refractivity contribution in [2.24, 2.45) is 0 Å². The summed E-state index contributed by atoms with van der Waals surface area (Å²) in [6.45, 7) is 8.84. The van der Waals surface area contributed by atoms with Crippen LogP contribution in [0.4, 0.5) is 10.2 Å². The molecule has 1 N–H and O–H groups in total. The van der Waals surface area contributed by atoms with Crippen molar-refractivity contribution in [2.45, 2.75) is 40.0 Å². The maximum absolute atomic E-state index is 13.1. The minimum absolute atomic E-state index is 0.183. The van der Waals surface area contributed by atoms with Crippen LogP contribution in [0.25, 0.3) is 0 Å². The normalized spacial score (nSPS) is 11.0. The highest BCUT2D eigenvalue weighted by Crippen LogP contribution is 2.14. The molecule has 4 heteroatoms. The predicted octanol–water partition coefficient (Wildman–Crippen LogP) is 4.01. The van der Waals surface area contributed by atoms with Crippen molar-refractivity contribution in [3.8, 4) is 0 Å². The molecule has 0 saturated carbocycles. The van der Waals surface area contributed by atoms with Crippen molar-refractivity contribution in [1.82, 2.24) is 9.97 Å². The third kappa shape index (κ3) is 4.25. The smallest absolute Gasteiger partial charge is 0.133 e. The van der Waals surface area contributed by atoms with Crippen LogP contribution in [0, 0.1) is 19.7 Å². The Hall–Kier alpha value is -1.97. The van der Waals surface area contributed by atoms with Crippen LogP contribution in [0.15, 0.2) is 24.3 Å². The summed E-state index contributed by atoms with van der Waals surface area (Å²) in [4.78, 5) is 8.95. The van der Waals surface area contributed by atoms with E-state index in [1.54, 1.807) is 6.07 Å². The van der Waals surface area contributed by atoms with Crippen molar-refractivity contribution >= 4 is 5.82 Å². The summed E-state index contributed by atoms with van der Waals surface area (Å²) in [5, 5.41) is 3.33. The number of halogens is 1. The van der Waals surface area contributed by atoms with Crippen LogP contribution in [-0.2, 0) is 6.42 Å². The van der Waals surface area contributed by atoms with Crippen molar-refractivity contribution < 1.29 is 4.39 Å². The van der Waals surface area contributed by atoms with Crippen LogP contribution in [0.5, 0.6) is 0 Å². The zero-order valence-electron chi connectivity index (χ0n) is 13.1. The van der Waals surface area contributed by atoms with Gasteiger partial charge in [0, 0.05) is 24.2 Å². The fourth-order valence-electron chi connectivity index (χ4n) is 2.21. The van der Waals surface area contributed by atoms with Crippen molar-refractivity contribution in [1.29, 1.82) is 0 Å². The zero-order chi connectivity index (χ0) is 15.4. The van der Waals surface area contributed by atoms with E-state index in [0.717, 1.165) is 41.4 Å². The molecule has 2 aromatic rings. The van der Waals surface area contributed by atoms with Gasteiger partial charge in [0.2, 0.25) is 0 Å². The van der Waals surface area contributed by atoms with Crippen molar-refractivity contribution in [2.75, 3.05) is 11.9 Å². The third-order valence-electron chi connectivity index (χ3n) is 3.39. The number of hydrogen-bond acceptors (Lipinski definition) is 3. The average Bonchev–Trinajstić information content (AvgIpc) is 2.40. The van der Waals surface area contributed by atoms with Gasteiger partial charge in [0.25, 0.3) is 0 Å². The minimum Gasteiger partial charge on any atom is -0.370 e. The standard InChI is InChI=1S/C17H22FN3/c1-11(2)17-20-13(4)10-16(21-17)19-8-7-14-5-6-15(18)9-12(14)3/h5-6,9-11H,7-8H2,1-4H3,(H,19,20,21). The first kappa shape index (κ1) is 15.4. The van der Waals surface area contributed by atoms with Crippen LogP contribution < -0.4 is 5.32 Å². The fraction of sp³-hybridized carbons (Fsp3) is 0.412. The van der Waals surface area contributed by atoms with E-state index < -0.39 is 0 Å². The second-order valence-electron chi connectivity index (χ2n) is 5.66. The van der Waals surface area contributed by atoms with Crippen LogP contribution in [0.2, 0.25) is 0 Å². The SMILES string of the molecule is Cc1cc(NCCc2ccc(F)cc2C)nc(C(C)C)n1. The molecular weight excluding hydrogens is 265 g/mol. The second-order valence-corrected chi connectivity index (χ2v) is 5.66. The second kappa shape index (κ2) is 6.66. The minimum atomic E-state index is -0.183. The van der Waals surface area contributed by atoms with Gasteiger partial charge >= 0.3 is 0 Å². The first-order valence-electron chi connectivity index (χ1n) is 7.30. The number of aryl methyl sites for hydroxylation is 2. The van der Waals surface area contributed by atoms with Gasteiger partial charge in [-0.05, 0) is 43.5 Å². The van der Waals surface area contributed by atoms with Crippen LogP contribution in [-0.4, -0.2) is 16.5 Å². The molecule has 0 radical (unpaired) electrons. The summed E-state index contributed by atoms with van der Waals surface area (Å²) < 4.78 is 13.1. The monoisotopic (exact) mass is 287 g/mol. The molecule has 1 heterocycles. The molecule has 1 aromatic carbocycles. The lowest BCUT2D eigenvalue weighted by Crippen LogP contribution is -2.10. The molecule has 0 aliphatic rings. The van der Waals surface area contributed by atoms with Gasteiger partial charge in [0.15, 0.2) is 0 Å². The molecule has 2 rings (SSSR count). The Bertz CT molecular complexity index is 623. The van der Waals surface area contributed by atoms with E-state index in [1.807, 2.05) is 26.0 Å². The largest absolute Gasteiger partial charge is 0.370 e. The predicted molar refractivity (Wildman–Crippen MR) is 84.2 cm³/mol. The lowest BCUT2D eigenvalue weighted by Gasteiger charge is -2.11. The number of hydrogen-bond donors (Lipinski definition) is 1. The van der Waals surface area contributed by atoms with Gasteiger partial charge in [-0.3, -0.25) is 0 Å². The molecule has 0 aliphatic carbocycles. The van der Waals surface area contributed by atoms with E-state index in [0.29, 0.717) is 5.92 Å². The van der Waals surface area contributed by atoms with Crippen molar-refractivity contribution in [3.05, 3.63) is 52.7 Å². The summed E-state index contributed by atoms with van der Waals surface area (Å²) in [5.74, 6) is 1.84. The van der Waals surface area contributed by atoms with Gasteiger partial charge in [-0.15, -0.1) is 0 Å². The molecular formula is C17H22FN3. The Morgan fingerprint density at radius 3 is 2.57 bits per heavy atom. The Labute approximate surface area is 125 Å². The van der Waals surface area contributed by atoms with E-state index >= 15 is 0 Å². The van der Waals surface area contributed by atoms with Gasteiger partial charge in [-0.25, -0.2) is 14.4 Å². The zero-order valence-corrected chi connectivity index (χ0v) is 13.1. The summed E-state index contributed by atoms with van der Waals surface area (Å²) in [6.07, 6.45) is 0.839. The Morgan fingerprint density at radius 1 is 1.14 bits per heavy atom. The number of nitrogens with zero attached hydrogens (tertiary/aromatic N) is 2. The average molecular weight is 287 g/mol. The lowest BCUT2D eigenvalue weighted by molar-refractivity contribution is 0.625. The number of nitrogens with one attached hydrogen (secondary N) is 1.